The number of benzene rings is 1. The Kier molecular flexibility index (Phi) is 4.42. The van der Waals surface area contributed by atoms with Crippen LogP contribution in [0.4, 0.5) is 17.2 Å². The van der Waals surface area contributed by atoms with E-state index < -0.39 is 5.97 Å². The summed E-state index contributed by atoms with van der Waals surface area (Å²) in [4.78, 5) is 17.6. The Hall–Kier alpha value is -2.56. The highest BCUT2D eigenvalue weighted by Gasteiger charge is 2.08. The Morgan fingerprint density at radius 3 is 2.67 bits per heavy atom. The van der Waals surface area contributed by atoms with Crippen molar-refractivity contribution in [2.75, 3.05) is 24.3 Å². The molecule has 5 heteroatoms. The molecule has 0 atom stereocenters. The number of rotatable bonds is 5. The predicted molar refractivity (Wildman–Crippen MR) is 84.6 cm³/mol. The van der Waals surface area contributed by atoms with E-state index >= 15 is 0 Å². The van der Waals surface area contributed by atoms with E-state index in [1.807, 2.05) is 50.2 Å². The molecule has 0 saturated heterocycles. The van der Waals surface area contributed by atoms with E-state index in [1.54, 1.807) is 12.1 Å². The van der Waals surface area contributed by atoms with Gasteiger partial charge in [0.15, 0.2) is 0 Å². The molecule has 1 heterocycles. The lowest BCUT2D eigenvalue weighted by Gasteiger charge is -2.14. The first-order chi connectivity index (χ1) is 9.99. The third kappa shape index (κ3) is 3.72. The summed E-state index contributed by atoms with van der Waals surface area (Å²) in [6.45, 7) is 1.95. The fourth-order valence-electron chi connectivity index (χ4n) is 1.97. The van der Waals surface area contributed by atoms with Crippen LogP contribution in [0, 0.1) is 0 Å². The van der Waals surface area contributed by atoms with Crippen molar-refractivity contribution in [2.45, 2.75) is 13.3 Å². The molecule has 2 rings (SSSR count). The van der Waals surface area contributed by atoms with Crippen LogP contribution in [0.5, 0.6) is 0 Å². The standard InChI is InChI=1S/C16H19N3O2/c1-4-12-8-11(16(20)21)9-15(17-12)18-13-6-5-7-14(10-13)19(2)3/h5-10H,4H2,1-3H3,(H,17,18)(H,20,21). The van der Waals surface area contributed by atoms with Crippen LogP contribution in [0.1, 0.15) is 23.0 Å². The molecule has 2 N–H and O–H groups in total. The molecule has 110 valence electrons. The molecule has 0 amide bonds. The van der Waals surface area contributed by atoms with Gasteiger partial charge in [0, 0.05) is 31.2 Å². The molecular formula is C16H19N3O2. The number of carboxylic acid groups (broad SMARTS) is 1. The van der Waals surface area contributed by atoms with Gasteiger partial charge in [0.1, 0.15) is 5.82 Å². The summed E-state index contributed by atoms with van der Waals surface area (Å²) in [5.74, 6) is -0.403. The summed E-state index contributed by atoms with van der Waals surface area (Å²) >= 11 is 0. The summed E-state index contributed by atoms with van der Waals surface area (Å²) in [5, 5.41) is 12.3. The first kappa shape index (κ1) is 14.8. The Bertz CT molecular complexity index is 654. The lowest BCUT2D eigenvalue weighted by molar-refractivity contribution is 0.0696. The number of carboxylic acids is 1. The Balaban J connectivity index is 2.32. The van der Waals surface area contributed by atoms with E-state index in [2.05, 4.69) is 10.3 Å². The van der Waals surface area contributed by atoms with Crippen LogP contribution in [0.25, 0.3) is 0 Å². The van der Waals surface area contributed by atoms with Crippen molar-refractivity contribution in [1.29, 1.82) is 0 Å². The first-order valence-corrected chi connectivity index (χ1v) is 6.78. The summed E-state index contributed by atoms with van der Waals surface area (Å²) in [6.07, 6.45) is 0.688. The number of carbonyl (C=O) groups is 1. The van der Waals surface area contributed by atoms with Crippen LogP contribution in [0.15, 0.2) is 36.4 Å². The van der Waals surface area contributed by atoms with Gasteiger partial charge >= 0.3 is 5.97 Å². The van der Waals surface area contributed by atoms with Gasteiger partial charge in [0.2, 0.25) is 0 Å². The number of aromatic carboxylic acids is 1. The normalized spacial score (nSPS) is 10.2. The third-order valence-corrected chi connectivity index (χ3v) is 3.12. The number of hydrogen-bond donors (Lipinski definition) is 2. The van der Waals surface area contributed by atoms with Crippen LogP contribution < -0.4 is 10.2 Å². The number of aryl methyl sites for hydroxylation is 1. The van der Waals surface area contributed by atoms with Crippen molar-refractivity contribution < 1.29 is 9.90 Å². The summed E-state index contributed by atoms with van der Waals surface area (Å²) in [5.41, 5.74) is 2.93. The van der Waals surface area contributed by atoms with E-state index in [9.17, 15) is 4.79 Å². The molecule has 0 unspecified atom stereocenters. The summed E-state index contributed by atoms with van der Waals surface area (Å²) in [7, 11) is 3.94. The van der Waals surface area contributed by atoms with Crippen LogP contribution >= 0.6 is 0 Å². The second-order valence-corrected chi connectivity index (χ2v) is 4.96. The largest absolute Gasteiger partial charge is 0.478 e. The van der Waals surface area contributed by atoms with E-state index in [0.29, 0.717) is 12.2 Å². The van der Waals surface area contributed by atoms with E-state index in [-0.39, 0.29) is 5.56 Å². The highest BCUT2D eigenvalue weighted by atomic mass is 16.4. The minimum atomic E-state index is -0.947. The number of nitrogens with zero attached hydrogens (tertiary/aromatic N) is 2. The Morgan fingerprint density at radius 2 is 2.05 bits per heavy atom. The molecule has 0 fully saturated rings. The molecule has 0 radical (unpaired) electrons. The van der Waals surface area contributed by atoms with Crippen LogP contribution in [0.2, 0.25) is 0 Å². The molecule has 0 aliphatic heterocycles. The molecule has 1 aromatic carbocycles. The lowest BCUT2D eigenvalue weighted by atomic mass is 10.2. The monoisotopic (exact) mass is 285 g/mol. The topological polar surface area (TPSA) is 65.5 Å². The van der Waals surface area contributed by atoms with Crippen molar-refractivity contribution in [2.24, 2.45) is 0 Å². The molecule has 0 saturated carbocycles. The minimum absolute atomic E-state index is 0.244. The fraction of sp³-hybridized carbons (Fsp3) is 0.250. The molecule has 0 bridgehead atoms. The molecule has 0 spiro atoms. The van der Waals surface area contributed by atoms with Crippen molar-refractivity contribution in [1.82, 2.24) is 4.98 Å². The van der Waals surface area contributed by atoms with E-state index in [1.165, 1.54) is 0 Å². The number of aromatic nitrogens is 1. The minimum Gasteiger partial charge on any atom is -0.478 e. The molecule has 0 aliphatic carbocycles. The van der Waals surface area contributed by atoms with E-state index in [4.69, 9.17) is 5.11 Å². The smallest absolute Gasteiger partial charge is 0.335 e. The lowest BCUT2D eigenvalue weighted by Crippen LogP contribution is -2.08. The quantitative estimate of drug-likeness (QED) is 0.883. The molecule has 2 aromatic rings. The molecule has 0 aliphatic rings. The average molecular weight is 285 g/mol. The second kappa shape index (κ2) is 6.26. The van der Waals surface area contributed by atoms with Crippen LogP contribution in [-0.4, -0.2) is 30.2 Å². The average Bonchev–Trinajstić information content (AvgIpc) is 2.47. The first-order valence-electron chi connectivity index (χ1n) is 6.78. The van der Waals surface area contributed by atoms with Crippen molar-refractivity contribution >= 4 is 23.2 Å². The van der Waals surface area contributed by atoms with Gasteiger partial charge in [-0.1, -0.05) is 13.0 Å². The van der Waals surface area contributed by atoms with Crippen LogP contribution in [-0.2, 0) is 6.42 Å². The molecule has 21 heavy (non-hydrogen) atoms. The fourth-order valence-corrected chi connectivity index (χ4v) is 1.97. The maximum Gasteiger partial charge on any atom is 0.335 e. The summed E-state index contributed by atoms with van der Waals surface area (Å²) in [6, 6.07) is 11.0. The van der Waals surface area contributed by atoms with Gasteiger partial charge in [0.25, 0.3) is 0 Å². The van der Waals surface area contributed by atoms with Gasteiger partial charge in [-0.25, -0.2) is 9.78 Å². The van der Waals surface area contributed by atoms with Crippen molar-refractivity contribution in [3.8, 4) is 0 Å². The number of anilines is 3. The maximum absolute atomic E-state index is 11.2. The predicted octanol–water partition coefficient (Wildman–Crippen LogP) is 3.15. The van der Waals surface area contributed by atoms with Gasteiger partial charge in [-0.05, 0) is 36.8 Å². The number of hydrogen-bond acceptors (Lipinski definition) is 4. The third-order valence-electron chi connectivity index (χ3n) is 3.12. The van der Waals surface area contributed by atoms with Gasteiger partial charge in [-0.3, -0.25) is 0 Å². The van der Waals surface area contributed by atoms with Gasteiger partial charge in [0.05, 0.1) is 5.56 Å². The zero-order valence-corrected chi connectivity index (χ0v) is 12.4. The van der Waals surface area contributed by atoms with E-state index in [0.717, 1.165) is 17.1 Å². The van der Waals surface area contributed by atoms with Crippen molar-refractivity contribution in [3.63, 3.8) is 0 Å². The molecule has 1 aromatic heterocycles. The van der Waals surface area contributed by atoms with Gasteiger partial charge in [-0.15, -0.1) is 0 Å². The Labute approximate surface area is 124 Å². The molecular weight excluding hydrogens is 266 g/mol. The van der Waals surface area contributed by atoms with Gasteiger partial charge in [-0.2, -0.15) is 0 Å². The van der Waals surface area contributed by atoms with Crippen molar-refractivity contribution in [3.05, 3.63) is 47.7 Å². The maximum atomic E-state index is 11.2. The summed E-state index contributed by atoms with van der Waals surface area (Å²) < 4.78 is 0. The second-order valence-electron chi connectivity index (χ2n) is 4.96. The Morgan fingerprint density at radius 1 is 1.29 bits per heavy atom. The SMILES string of the molecule is CCc1cc(C(=O)O)cc(Nc2cccc(N(C)C)c2)n1. The zero-order chi connectivity index (χ0) is 15.4. The molecule has 5 nitrogen and oxygen atoms in total. The number of pyridine rings is 1. The number of nitrogens with one attached hydrogen (secondary N) is 1. The zero-order valence-electron chi connectivity index (χ0n) is 12.4. The highest BCUT2D eigenvalue weighted by molar-refractivity contribution is 5.88. The van der Waals surface area contributed by atoms with Gasteiger partial charge < -0.3 is 15.3 Å². The van der Waals surface area contributed by atoms with Crippen LogP contribution in [0.3, 0.4) is 0 Å². The highest BCUT2D eigenvalue weighted by Crippen LogP contribution is 2.21.